The molecular formula is C10H16N2O2S2. The van der Waals surface area contributed by atoms with E-state index in [1.807, 2.05) is 11.4 Å². The Balaban J connectivity index is 2.08. The second kappa shape index (κ2) is 4.83. The highest BCUT2D eigenvalue weighted by Gasteiger charge is 2.26. The van der Waals surface area contributed by atoms with E-state index in [4.69, 9.17) is 0 Å². The molecule has 16 heavy (non-hydrogen) atoms. The predicted octanol–water partition coefficient (Wildman–Crippen LogP) is 0.655. The van der Waals surface area contributed by atoms with Crippen LogP contribution >= 0.6 is 11.3 Å². The van der Waals surface area contributed by atoms with Gasteiger partial charge in [-0.3, -0.25) is 0 Å². The number of hydrogen-bond donors (Lipinski definition) is 1. The molecule has 0 aliphatic carbocycles. The molecule has 4 nitrogen and oxygen atoms in total. The van der Waals surface area contributed by atoms with Crippen molar-refractivity contribution in [1.29, 1.82) is 0 Å². The lowest BCUT2D eigenvalue weighted by Gasteiger charge is -2.26. The molecule has 0 radical (unpaired) electrons. The van der Waals surface area contributed by atoms with Crippen molar-refractivity contribution < 1.29 is 8.42 Å². The summed E-state index contributed by atoms with van der Waals surface area (Å²) in [4.78, 5) is 1.33. The molecule has 0 atom stereocenters. The maximum Gasteiger partial charge on any atom is 0.215 e. The summed E-state index contributed by atoms with van der Waals surface area (Å²) in [7, 11) is -1.32. The van der Waals surface area contributed by atoms with E-state index in [1.54, 1.807) is 22.7 Å². The Labute approximate surface area is 100 Å². The van der Waals surface area contributed by atoms with Crippen molar-refractivity contribution in [3.05, 3.63) is 21.9 Å². The summed E-state index contributed by atoms with van der Waals surface area (Å²) in [5, 5.41) is 4.91. The number of fused-ring (bicyclic) bond motifs is 1. The monoisotopic (exact) mass is 260 g/mol. The van der Waals surface area contributed by atoms with Gasteiger partial charge in [-0.2, -0.15) is 4.31 Å². The van der Waals surface area contributed by atoms with Gasteiger partial charge in [0.05, 0.1) is 5.75 Å². The first-order valence-corrected chi connectivity index (χ1v) is 7.80. The van der Waals surface area contributed by atoms with Crippen LogP contribution in [-0.2, 0) is 23.0 Å². The number of sulfonamides is 1. The minimum Gasteiger partial charge on any atom is -0.319 e. The van der Waals surface area contributed by atoms with E-state index in [-0.39, 0.29) is 5.75 Å². The Morgan fingerprint density at radius 1 is 1.56 bits per heavy atom. The number of rotatable bonds is 4. The Kier molecular flexibility index (Phi) is 3.63. The van der Waals surface area contributed by atoms with Gasteiger partial charge in [-0.15, -0.1) is 11.3 Å². The molecule has 0 aromatic carbocycles. The van der Waals surface area contributed by atoms with Crippen molar-refractivity contribution in [2.75, 3.05) is 25.9 Å². The van der Waals surface area contributed by atoms with Crippen LogP contribution in [-0.4, -0.2) is 38.6 Å². The highest BCUT2D eigenvalue weighted by atomic mass is 32.2. The molecule has 6 heteroatoms. The van der Waals surface area contributed by atoms with E-state index in [2.05, 4.69) is 5.32 Å². The van der Waals surface area contributed by atoms with Crippen LogP contribution in [0.5, 0.6) is 0 Å². The zero-order valence-electron chi connectivity index (χ0n) is 9.27. The third-order valence-electron chi connectivity index (χ3n) is 2.78. The van der Waals surface area contributed by atoms with E-state index in [9.17, 15) is 8.42 Å². The number of nitrogens with one attached hydrogen (secondary N) is 1. The summed E-state index contributed by atoms with van der Waals surface area (Å²) in [6, 6.07) is 2.03. The van der Waals surface area contributed by atoms with E-state index in [1.165, 1.54) is 10.4 Å². The molecule has 2 heterocycles. The third kappa shape index (κ3) is 2.45. The molecule has 0 unspecified atom stereocenters. The summed E-state index contributed by atoms with van der Waals surface area (Å²) < 4.78 is 25.5. The Hall–Kier alpha value is -0.430. The fraction of sp³-hybridized carbons (Fsp3) is 0.600. The SMILES string of the molecule is CNCCS(=O)(=O)N1CCc2sccc2C1. The standard InChI is InChI=1S/C10H16N2O2S2/c1-11-4-7-16(13,14)12-5-2-10-9(8-12)3-6-15-10/h3,6,11H,2,4-5,7-8H2,1H3. The van der Waals surface area contributed by atoms with Gasteiger partial charge in [0.2, 0.25) is 10.0 Å². The largest absolute Gasteiger partial charge is 0.319 e. The Morgan fingerprint density at radius 3 is 3.12 bits per heavy atom. The molecule has 90 valence electrons. The average molecular weight is 260 g/mol. The average Bonchev–Trinajstić information content (AvgIpc) is 2.73. The highest BCUT2D eigenvalue weighted by Crippen LogP contribution is 2.25. The van der Waals surface area contributed by atoms with Gasteiger partial charge >= 0.3 is 0 Å². The Morgan fingerprint density at radius 2 is 2.38 bits per heavy atom. The van der Waals surface area contributed by atoms with E-state index in [0.717, 1.165) is 6.42 Å². The summed E-state index contributed by atoms with van der Waals surface area (Å²) in [6.45, 7) is 1.68. The molecule has 1 aromatic heterocycles. The van der Waals surface area contributed by atoms with Crippen LogP contribution in [0.1, 0.15) is 10.4 Å². The van der Waals surface area contributed by atoms with Crippen molar-refractivity contribution in [3.8, 4) is 0 Å². The lowest BCUT2D eigenvalue weighted by atomic mass is 10.1. The van der Waals surface area contributed by atoms with E-state index >= 15 is 0 Å². The fourth-order valence-corrected chi connectivity index (χ4v) is 4.14. The van der Waals surface area contributed by atoms with Crippen LogP contribution < -0.4 is 5.32 Å². The van der Waals surface area contributed by atoms with Gasteiger partial charge in [0.1, 0.15) is 0 Å². The van der Waals surface area contributed by atoms with Gasteiger partial charge in [-0.25, -0.2) is 8.42 Å². The van der Waals surface area contributed by atoms with E-state index in [0.29, 0.717) is 19.6 Å². The first-order valence-electron chi connectivity index (χ1n) is 5.31. The lowest BCUT2D eigenvalue weighted by Crippen LogP contribution is -2.38. The maximum absolute atomic E-state index is 12.0. The van der Waals surface area contributed by atoms with Crippen molar-refractivity contribution >= 4 is 21.4 Å². The molecule has 0 bridgehead atoms. The predicted molar refractivity (Wildman–Crippen MR) is 66.1 cm³/mol. The van der Waals surface area contributed by atoms with Crippen LogP contribution in [0.4, 0.5) is 0 Å². The molecule has 1 aromatic rings. The number of nitrogens with zero attached hydrogens (tertiary/aromatic N) is 1. The topological polar surface area (TPSA) is 49.4 Å². The van der Waals surface area contributed by atoms with Crippen molar-refractivity contribution in [2.24, 2.45) is 0 Å². The molecule has 1 aliphatic heterocycles. The molecule has 0 spiro atoms. The van der Waals surface area contributed by atoms with E-state index < -0.39 is 10.0 Å². The van der Waals surface area contributed by atoms with Crippen LogP contribution in [0.15, 0.2) is 11.4 Å². The summed E-state index contributed by atoms with van der Waals surface area (Å²) >= 11 is 1.72. The first-order chi connectivity index (χ1) is 7.63. The zero-order valence-corrected chi connectivity index (χ0v) is 10.9. The molecule has 0 saturated heterocycles. The number of hydrogen-bond acceptors (Lipinski definition) is 4. The van der Waals surface area contributed by atoms with Crippen LogP contribution in [0.2, 0.25) is 0 Å². The summed E-state index contributed by atoms with van der Waals surface area (Å²) in [5.41, 5.74) is 1.17. The summed E-state index contributed by atoms with van der Waals surface area (Å²) in [6.07, 6.45) is 0.853. The molecule has 1 aliphatic rings. The van der Waals surface area contributed by atoms with Gasteiger partial charge in [0.25, 0.3) is 0 Å². The molecule has 1 N–H and O–H groups in total. The normalized spacial score (nSPS) is 17.3. The molecule has 0 saturated carbocycles. The van der Waals surface area contributed by atoms with Crippen LogP contribution in [0, 0.1) is 0 Å². The first kappa shape index (κ1) is 12.0. The second-order valence-electron chi connectivity index (χ2n) is 3.87. The van der Waals surface area contributed by atoms with Crippen LogP contribution in [0.3, 0.4) is 0 Å². The van der Waals surface area contributed by atoms with Gasteiger partial charge in [0.15, 0.2) is 0 Å². The van der Waals surface area contributed by atoms with Crippen LogP contribution in [0.25, 0.3) is 0 Å². The van der Waals surface area contributed by atoms with Gasteiger partial charge in [-0.05, 0) is 30.5 Å². The second-order valence-corrected chi connectivity index (χ2v) is 6.96. The van der Waals surface area contributed by atoms with Crippen molar-refractivity contribution in [1.82, 2.24) is 9.62 Å². The quantitative estimate of drug-likeness (QED) is 0.865. The zero-order chi connectivity index (χ0) is 11.6. The van der Waals surface area contributed by atoms with Gasteiger partial charge in [-0.1, -0.05) is 0 Å². The Bertz CT molecular complexity index is 453. The lowest BCUT2D eigenvalue weighted by molar-refractivity contribution is 0.394. The molecule has 0 amide bonds. The van der Waals surface area contributed by atoms with Crippen molar-refractivity contribution in [3.63, 3.8) is 0 Å². The fourth-order valence-electron chi connectivity index (χ4n) is 1.82. The smallest absolute Gasteiger partial charge is 0.215 e. The van der Waals surface area contributed by atoms with Gasteiger partial charge < -0.3 is 5.32 Å². The van der Waals surface area contributed by atoms with Gasteiger partial charge in [0, 0.05) is 24.5 Å². The molecular weight excluding hydrogens is 244 g/mol. The maximum atomic E-state index is 12.0. The molecule has 0 fully saturated rings. The highest BCUT2D eigenvalue weighted by molar-refractivity contribution is 7.89. The number of thiophene rings is 1. The minimum absolute atomic E-state index is 0.184. The van der Waals surface area contributed by atoms with Crippen molar-refractivity contribution in [2.45, 2.75) is 13.0 Å². The summed E-state index contributed by atoms with van der Waals surface area (Å²) in [5.74, 6) is 0.184. The third-order valence-corrected chi connectivity index (χ3v) is 5.62. The molecule has 2 rings (SSSR count). The minimum atomic E-state index is -3.09.